The standard InChI is InChI=1S/C23H24F3N3O4/c1-2-20(28-33-14-16-3-7-18(8-4-16)23(24,25)26)17-5-9-19(10-6-17)32-15-22(31)29-12-11-27-21(30)13-29/h3-10H,2,11-15H2,1H3,(H,27,30)/b28-20-. The van der Waals surface area contributed by atoms with E-state index in [0.29, 0.717) is 36.5 Å². The highest BCUT2D eigenvalue weighted by Gasteiger charge is 2.29. The molecule has 33 heavy (non-hydrogen) atoms. The number of ether oxygens (including phenoxy) is 1. The maximum Gasteiger partial charge on any atom is 0.416 e. The molecule has 0 aromatic heterocycles. The van der Waals surface area contributed by atoms with E-state index in [1.54, 1.807) is 24.3 Å². The predicted molar refractivity (Wildman–Crippen MR) is 115 cm³/mol. The van der Waals surface area contributed by atoms with Crippen molar-refractivity contribution < 1.29 is 32.3 Å². The Balaban J connectivity index is 1.52. The van der Waals surface area contributed by atoms with Crippen LogP contribution in [0.1, 0.15) is 30.0 Å². The molecule has 0 bridgehead atoms. The van der Waals surface area contributed by atoms with Crippen LogP contribution >= 0.6 is 0 Å². The van der Waals surface area contributed by atoms with Crippen LogP contribution < -0.4 is 10.1 Å². The quantitative estimate of drug-likeness (QED) is 0.481. The molecule has 2 aromatic carbocycles. The number of alkyl halides is 3. The van der Waals surface area contributed by atoms with E-state index in [1.807, 2.05) is 6.92 Å². The molecular formula is C23H24F3N3O4. The van der Waals surface area contributed by atoms with E-state index in [2.05, 4.69) is 10.5 Å². The zero-order chi connectivity index (χ0) is 23.8. The molecule has 1 aliphatic heterocycles. The van der Waals surface area contributed by atoms with Gasteiger partial charge in [-0.15, -0.1) is 0 Å². The van der Waals surface area contributed by atoms with Gasteiger partial charge in [-0.1, -0.05) is 24.2 Å². The van der Waals surface area contributed by atoms with Crippen LogP contribution in [0.4, 0.5) is 13.2 Å². The Morgan fingerprint density at radius 2 is 1.82 bits per heavy atom. The lowest BCUT2D eigenvalue weighted by Crippen LogP contribution is -2.51. The smallest absolute Gasteiger partial charge is 0.416 e. The van der Waals surface area contributed by atoms with E-state index in [4.69, 9.17) is 9.57 Å². The third-order valence-electron chi connectivity index (χ3n) is 4.96. The summed E-state index contributed by atoms with van der Waals surface area (Å²) in [6.45, 7) is 2.69. The molecular weight excluding hydrogens is 439 g/mol. The number of carbonyl (C=O) groups is 2. The summed E-state index contributed by atoms with van der Waals surface area (Å²) in [7, 11) is 0. The summed E-state index contributed by atoms with van der Waals surface area (Å²) in [5, 5.41) is 6.76. The number of halogens is 3. The minimum absolute atomic E-state index is 0.0317. The largest absolute Gasteiger partial charge is 0.484 e. The third-order valence-corrected chi connectivity index (χ3v) is 4.96. The van der Waals surface area contributed by atoms with Crippen molar-refractivity contribution >= 4 is 17.5 Å². The number of nitrogens with one attached hydrogen (secondary N) is 1. The van der Waals surface area contributed by atoms with Gasteiger partial charge in [0.05, 0.1) is 17.8 Å². The normalized spacial score (nSPS) is 14.6. The molecule has 0 atom stereocenters. The molecule has 0 unspecified atom stereocenters. The summed E-state index contributed by atoms with van der Waals surface area (Å²) >= 11 is 0. The molecule has 1 fully saturated rings. The zero-order valence-electron chi connectivity index (χ0n) is 18.0. The van der Waals surface area contributed by atoms with Crippen LogP contribution in [0.15, 0.2) is 53.7 Å². The maximum absolute atomic E-state index is 12.6. The second kappa shape index (κ2) is 10.8. The minimum atomic E-state index is -4.37. The Morgan fingerprint density at radius 3 is 2.42 bits per heavy atom. The molecule has 7 nitrogen and oxygen atoms in total. The van der Waals surface area contributed by atoms with Crippen LogP contribution in [-0.4, -0.2) is 48.7 Å². The molecule has 2 amide bonds. The van der Waals surface area contributed by atoms with E-state index >= 15 is 0 Å². The number of piperazine rings is 1. The summed E-state index contributed by atoms with van der Waals surface area (Å²) in [6.07, 6.45) is -3.80. The first-order chi connectivity index (χ1) is 15.8. The molecule has 10 heteroatoms. The highest BCUT2D eigenvalue weighted by molar-refractivity contribution is 6.00. The van der Waals surface area contributed by atoms with Gasteiger partial charge >= 0.3 is 6.18 Å². The predicted octanol–water partition coefficient (Wildman–Crippen LogP) is 3.37. The van der Waals surface area contributed by atoms with Gasteiger partial charge in [0.1, 0.15) is 12.4 Å². The fourth-order valence-corrected chi connectivity index (χ4v) is 3.13. The van der Waals surface area contributed by atoms with Crippen molar-refractivity contribution in [2.45, 2.75) is 26.1 Å². The number of carbonyl (C=O) groups excluding carboxylic acids is 2. The molecule has 1 aliphatic rings. The first kappa shape index (κ1) is 24.1. The summed E-state index contributed by atoms with van der Waals surface area (Å²) in [4.78, 5) is 30.3. The van der Waals surface area contributed by atoms with E-state index in [-0.39, 0.29) is 31.6 Å². The first-order valence-electron chi connectivity index (χ1n) is 10.4. The zero-order valence-corrected chi connectivity index (χ0v) is 18.0. The van der Waals surface area contributed by atoms with Gasteiger partial charge in [-0.3, -0.25) is 9.59 Å². The van der Waals surface area contributed by atoms with Gasteiger partial charge in [0.15, 0.2) is 6.61 Å². The Hall–Kier alpha value is -3.56. The Labute approximate surface area is 189 Å². The van der Waals surface area contributed by atoms with E-state index < -0.39 is 11.7 Å². The molecule has 176 valence electrons. The van der Waals surface area contributed by atoms with Crippen LogP contribution in [0.25, 0.3) is 0 Å². The van der Waals surface area contributed by atoms with Gasteiger partial charge in [-0.25, -0.2) is 0 Å². The number of hydrogen-bond acceptors (Lipinski definition) is 5. The van der Waals surface area contributed by atoms with Crippen LogP contribution in [-0.2, 0) is 27.2 Å². The summed E-state index contributed by atoms with van der Waals surface area (Å²) < 4.78 is 43.4. The molecule has 2 aromatic rings. The van der Waals surface area contributed by atoms with Gasteiger partial charge in [-0.05, 0) is 53.9 Å². The lowest BCUT2D eigenvalue weighted by molar-refractivity contribution is -0.139. The Morgan fingerprint density at radius 1 is 1.12 bits per heavy atom. The Kier molecular flexibility index (Phi) is 7.92. The molecule has 1 N–H and O–H groups in total. The SMILES string of the molecule is CC/C(=N/OCc1ccc(C(F)(F)F)cc1)c1ccc(OCC(=O)N2CCNC(=O)C2)cc1. The average Bonchev–Trinajstić information content (AvgIpc) is 2.80. The van der Waals surface area contributed by atoms with Crippen LogP contribution in [0.3, 0.4) is 0 Å². The molecule has 0 radical (unpaired) electrons. The topological polar surface area (TPSA) is 80.2 Å². The fourth-order valence-electron chi connectivity index (χ4n) is 3.13. The highest BCUT2D eigenvalue weighted by atomic mass is 19.4. The fraction of sp³-hybridized carbons (Fsp3) is 0.348. The van der Waals surface area contributed by atoms with Crippen molar-refractivity contribution in [2.75, 3.05) is 26.2 Å². The van der Waals surface area contributed by atoms with Crippen LogP contribution in [0.2, 0.25) is 0 Å². The number of nitrogens with zero attached hydrogens (tertiary/aromatic N) is 2. The first-order valence-corrected chi connectivity index (χ1v) is 10.4. The molecule has 3 rings (SSSR count). The Bertz CT molecular complexity index is 990. The second-order valence-corrected chi connectivity index (χ2v) is 7.34. The number of benzene rings is 2. The molecule has 0 saturated carbocycles. The second-order valence-electron chi connectivity index (χ2n) is 7.34. The van der Waals surface area contributed by atoms with Crippen molar-refractivity contribution in [3.63, 3.8) is 0 Å². The van der Waals surface area contributed by atoms with E-state index in [1.165, 1.54) is 17.0 Å². The average molecular weight is 463 g/mol. The van der Waals surface area contributed by atoms with Gasteiger partial charge in [-0.2, -0.15) is 13.2 Å². The third kappa shape index (κ3) is 6.96. The van der Waals surface area contributed by atoms with Crippen molar-refractivity contribution in [2.24, 2.45) is 5.16 Å². The summed E-state index contributed by atoms with van der Waals surface area (Å²) in [5.41, 5.74) is 1.30. The van der Waals surface area contributed by atoms with Gasteiger partial charge < -0.3 is 19.8 Å². The molecule has 0 aliphatic carbocycles. The van der Waals surface area contributed by atoms with Crippen molar-refractivity contribution in [3.8, 4) is 5.75 Å². The lowest BCUT2D eigenvalue weighted by atomic mass is 10.1. The summed E-state index contributed by atoms with van der Waals surface area (Å²) in [6, 6.07) is 11.7. The minimum Gasteiger partial charge on any atom is -0.484 e. The van der Waals surface area contributed by atoms with Crippen LogP contribution in [0, 0.1) is 0 Å². The van der Waals surface area contributed by atoms with E-state index in [0.717, 1.165) is 17.7 Å². The van der Waals surface area contributed by atoms with Crippen molar-refractivity contribution in [3.05, 3.63) is 65.2 Å². The van der Waals surface area contributed by atoms with Gasteiger partial charge in [0.25, 0.3) is 5.91 Å². The number of oxime groups is 1. The molecule has 1 heterocycles. The number of hydrogen-bond donors (Lipinski definition) is 1. The van der Waals surface area contributed by atoms with Gasteiger partial charge in [0, 0.05) is 13.1 Å². The highest BCUT2D eigenvalue weighted by Crippen LogP contribution is 2.29. The van der Waals surface area contributed by atoms with Crippen molar-refractivity contribution in [1.29, 1.82) is 0 Å². The van der Waals surface area contributed by atoms with E-state index in [9.17, 15) is 22.8 Å². The number of amides is 2. The van der Waals surface area contributed by atoms with Gasteiger partial charge in [0.2, 0.25) is 5.91 Å². The monoisotopic (exact) mass is 463 g/mol. The molecule has 1 saturated heterocycles. The number of rotatable bonds is 8. The van der Waals surface area contributed by atoms with Crippen molar-refractivity contribution in [1.82, 2.24) is 10.2 Å². The summed E-state index contributed by atoms with van der Waals surface area (Å²) in [5.74, 6) is 0.0435. The lowest BCUT2D eigenvalue weighted by Gasteiger charge is -2.26. The molecule has 0 spiro atoms. The maximum atomic E-state index is 12.6. The van der Waals surface area contributed by atoms with Crippen LogP contribution in [0.5, 0.6) is 5.75 Å².